The van der Waals surface area contributed by atoms with Crippen LogP contribution in [-0.2, 0) is 0 Å². The molecule has 0 amide bonds. The molecule has 4 aromatic carbocycles. The maximum absolute atomic E-state index is 12.3. The molecule has 0 aliphatic heterocycles. The van der Waals surface area contributed by atoms with Crippen molar-refractivity contribution in [3.05, 3.63) is 113 Å². The molecule has 0 saturated carbocycles. The molecule has 0 unspecified atom stereocenters. The summed E-state index contributed by atoms with van der Waals surface area (Å²) >= 11 is 0. The topological polar surface area (TPSA) is 173 Å². The molecule has 0 spiro atoms. The monoisotopic (exact) mass is 484 g/mol. The van der Waals surface area contributed by atoms with E-state index in [1.165, 1.54) is 24.3 Å². The van der Waals surface area contributed by atoms with E-state index in [0.717, 1.165) is 0 Å². The van der Waals surface area contributed by atoms with Crippen LogP contribution in [-0.4, -0.2) is 19.7 Å². The van der Waals surface area contributed by atoms with E-state index in [4.69, 9.17) is 0 Å². The van der Waals surface area contributed by atoms with Crippen LogP contribution < -0.4 is 0 Å². The molecule has 12 heteroatoms. The lowest BCUT2D eigenvalue weighted by Crippen LogP contribution is -2.10. The van der Waals surface area contributed by atoms with E-state index in [2.05, 4.69) is 0 Å². The molecular weight excluding hydrogens is 472 g/mol. The summed E-state index contributed by atoms with van der Waals surface area (Å²) in [6.45, 7) is 0. The number of benzene rings is 4. The molecule has 0 radical (unpaired) electrons. The quantitative estimate of drug-likeness (QED) is 0.211. The van der Waals surface area contributed by atoms with Crippen molar-refractivity contribution < 1.29 is 19.7 Å². The molecule has 0 heterocycles. The van der Waals surface area contributed by atoms with Gasteiger partial charge in [0.2, 0.25) is 0 Å². The second-order valence-electron chi connectivity index (χ2n) is 7.81. The standard InChI is InChI=1S/C24H12N4O8/c29-25(30)21-19-17-11-5-3-9-15(17)13-7-1-2-8-14(13)16-10-4-6-12-18(16)20(19)22(26(31)32)24(28(35)36)23(21)27(33)34/h1-12H. The Hall–Kier alpha value is -5.52. The summed E-state index contributed by atoms with van der Waals surface area (Å²) in [6.07, 6.45) is 0. The minimum absolute atomic E-state index is 0.0993. The van der Waals surface area contributed by atoms with Crippen molar-refractivity contribution in [2.45, 2.75) is 0 Å². The van der Waals surface area contributed by atoms with Gasteiger partial charge in [-0.3, -0.25) is 40.5 Å². The Kier molecular flexibility index (Phi) is 4.99. The maximum Gasteiger partial charge on any atom is 0.430 e. The number of nitrogens with zero attached hydrogens (tertiary/aromatic N) is 4. The summed E-state index contributed by atoms with van der Waals surface area (Å²) in [5, 5.41) is 48.6. The Labute approximate surface area is 200 Å². The minimum atomic E-state index is -1.54. The SMILES string of the molecule is O=[N+]([O-])c1c2c(c([N+](=O)[O-])c([N+](=O)[O-])c1[N+](=O)[O-])-c1ccccc1-c1ccccc1-c1ccccc1-2. The van der Waals surface area contributed by atoms with Gasteiger partial charge in [0.15, 0.2) is 0 Å². The van der Waals surface area contributed by atoms with Crippen molar-refractivity contribution in [2.75, 3.05) is 0 Å². The molecule has 176 valence electrons. The minimum Gasteiger partial charge on any atom is -0.258 e. The first kappa shape index (κ1) is 22.3. The molecule has 0 fully saturated rings. The van der Waals surface area contributed by atoms with E-state index in [9.17, 15) is 40.5 Å². The first-order valence-corrected chi connectivity index (χ1v) is 10.3. The van der Waals surface area contributed by atoms with Crippen LogP contribution >= 0.6 is 0 Å². The fourth-order valence-electron chi connectivity index (χ4n) is 4.75. The number of nitro groups is 4. The van der Waals surface area contributed by atoms with E-state index in [0.29, 0.717) is 22.3 Å². The smallest absolute Gasteiger partial charge is 0.258 e. The Balaban J connectivity index is 2.19. The average Bonchev–Trinajstić information content (AvgIpc) is 2.85. The number of hydrogen-bond donors (Lipinski definition) is 0. The van der Waals surface area contributed by atoms with Gasteiger partial charge >= 0.3 is 22.7 Å². The van der Waals surface area contributed by atoms with E-state index in [1.807, 2.05) is 0 Å². The third-order valence-corrected chi connectivity index (χ3v) is 6.03. The van der Waals surface area contributed by atoms with Gasteiger partial charge in [0, 0.05) is 0 Å². The molecule has 36 heavy (non-hydrogen) atoms. The summed E-state index contributed by atoms with van der Waals surface area (Å²) in [7, 11) is 0. The van der Waals surface area contributed by atoms with Crippen LogP contribution in [0.2, 0.25) is 0 Å². The number of rotatable bonds is 4. The maximum atomic E-state index is 12.3. The summed E-state index contributed by atoms with van der Waals surface area (Å²) < 4.78 is 0. The van der Waals surface area contributed by atoms with Crippen molar-refractivity contribution in [2.24, 2.45) is 0 Å². The van der Waals surface area contributed by atoms with Crippen molar-refractivity contribution >= 4 is 22.7 Å². The van der Waals surface area contributed by atoms with E-state index >= 15 is 0 Å². The van der Waals surface area contributed by atoms with Gasteiger partial charge in [-0.05, 0) is 33.4 Å². The lowest BCUT2D eigenvalue weighted by atomic mass is 9.79. The zero-order chi connectivity index (χ0) is 25.7. The second kappa shape index (κ2) is 8.06. The van der Waals surface area contributed by atoms with Crippen LogP contribution in [0.3, 0.4) is 0 Å². The van der Waals surface area contributed by atoms with Gasteiger partial charge in [-0.2, -0.15) is 0 Å². The van der Waals surface area contributed by atoms with Gasteiger partial charge < -0.3 is 0 Å². The van der Waals surface area contributed by atoms with Gasteiger partial charge in [-0.25, -0.2) is 0 Å². The highest BCUT2D eigenvalue weighted by Crippen LogP contribution is 2.59. The van der Waals surface area contributed by atoms with Gasteiger partial charge in [-0.15, -0.1) is 0 Å². The van der Waals surface area contributed by atoms with Crippen LogP contribution in [0.1, 0.15) is 0 Å². The first-order chi connectivity index (χ1) is 17.2. The molecule has 0 N–H and O–H groups in total. The van der Waals surface area contributed by atoms with E-state index in [-0.39, 0.29) is 11.1 Å². The lowest BCUT2D eigenvalue weighted by molar-refractivity contribution is -0.451. The zero-order valence-electron chi connectivity index (χ0n) is 18.0. The summed E-state index contributed by atoms with van der Waals surface area (Å²) in [4.78, 5) is 43.8. The Morgan fingerprint density at radius 3 is 0.833 bits per heavy atom. The highest BCUT2D eigenvalue weighted by atomic mass is 16.7. The van der Waals surface area contributed by atoms with E-state index in [1.54, 1.807) is 48.5 Å². The van der Waals surface area contributed by atoms with Gasteiger partial charge in [0.05, 0.1) is 30.8 Å². The largest absolute Gasteiger partial charge is 0.430 e. The number of hydrogen-bond acceptors (Lipinski definition) is 8. The zero-order valence-corrected chi connectivity index (χ0v) is 18.0. The normalized spacial score (nSPS) is 11.1. The van der Waals surface area contributed by atoms with Crippen molar-refractivity contribution in [1.82, 2.24) is 0 Å². The molecule has 4 aromatic rings. The predicted octanol–water partition coefficient (Wildman–Crippen LogP) is 6.30. The molecule has 0 saturated heterocycles. The summed E-state index contributed by atoms with van der Waals surface area (Å²) in [6, 6.07) is 19.5. The molecular formula is C24H12N4O8. The van der Waals surface area contributed by atoms with Gasteiger partial charge in [0.1, 0.15) is 0 Å². The third kappa shape index (κ3) is 3.09. The number of fused-ring (bicyclic) bond motifs is 8. The van der Waals surface area contributed by atoms with Crippen LogP contribution in [0, 0.1) is 40.5 Å². The lowest BCUT2D eigenvalue weighted by Gasteiger charge is -2.22. The highest BCUT2D eigenvalue weighted by molar-refractivity contribution is 6.11. The van der Waals surface area contributed by atoms with Crippen molar-refractivity contribution in [3.8, 4) is 44.5 Å². The van der Waals surface area contributed by atoms with Crippen LogP contribution in [0.25, 0.3) is 44.5 Å². The number of nitro benzene ring substituents is 4. The van der Waals surface area contributed by atoms with Crippen LogP contribution in [0.15, 0.2) is 72.8 Å². The fourth-order valence-corrected chi connectivity index (χ4v) is 4.75. The Morgan fingerprint density at radius 2 is 0.583 bits per heavy atom. The fraction of sp³-hybridized carbons (Fsp3) is 0. The third-order valence-electron chi connectivity index (χ3n) is 6.03. The Bertz CT molecular complexity index is 1540. The van der Waals surface area contributed by atoms with Crippen LogP contribution in [0.5, 0.6) is 0 Å². The summed E-state index contributed by atoms with van der Waals surface area (Å²) in [5.74, 6) is 0. The van der Waals surface area contributed by atoms with E-state index < -0.39 is 53.6 Å². The summed E-state index contributed by atoms with van der Waals surface area (Å²) in [5.41, 5.74) is -4.02. The Morgan fingerprint density at radius 1 is 0.361 bits per heavy atom. The van der Waals surface area contributed by atoms with Crippen LogP contribution in [0.4, 0.5) is 22.7 Å². The molecule has 1 aliphatic rings. The molecule has 5 rings (SSSR count). The second-order valence-corrected chi connectivity index (χ2v) is 7.81. The molecule has 0 bridgehead atoms. The van der Waals surface area contributed by atoms with Crippen molar-refractivity contribution in [1.29, 1.82) is 0 Å². The first-order valence-electron chi connectivity index (χ1n) is 10.3. The van der Waals surface area contributed by atoms with Gasteiger partial charge in [0.25, 0.3) is 0 Å². The average molecular weight is 484 g/mol. The molecule has 0 aromatic heterocycles. The van der Waals surface area contributed by atoms with Crippen molar-refractivity contribution in [3.63, 3.8) is 0 Å². The highest BCUT2D eigenvalue weighted by Gasteiger charge is 2.51. The predicted molar refractivity (Wildman–Crippen MR) is 128 cm³/mol. The van der Waals surface area contributed by atoms with Gasteiger partial charge in [-0.1, -0.05) is 72.8 Å². The molecule has 12 nitrogen and oxygen atoms in total. The molecule has 0 atom stereocenters. The molecule has 1 aliphatic carbocycles.